The molecule has 0 spiro atoms. The molecule has 2 amide bonds. The molecule has 3 rings (SSSR count). The van der Waals surface area contributed by atoms with Crippen molar-refractivity contribution < 1.29 is 14.0 Å². The number of carbonyl (C=O) groups is 2. The number of halogens is 1. The highest BCUT2D eigenvalue weighted by atomic mass is 19.1. The van der Waals surface area contributed by atoms with Gasteiger partial charge in [-0.3, -0.25) is 14.5 Å². The summed E-state index contributed by atoms with van der Waals surface area (Å²) in [5.41, 5.74) is 1.70. The van der Waals surface area contributed by atoms with Gasteiger partial charge in [0.1, 0.15) is 11.5 Å². The van der Waals surface area contributed by atoms with Gasteiger partial charge in [-0.15, -0.1) is 0 Å². The van der Waals surface area contributed by atoms with Crippen LogP contribution in [0.5, 0.6) is 0 Å². The molecule has 0 saturated carbocycles. The van der Waals surface area contributed by atoms with Gasteiger partial charge in [0, 0.05) is 12.2 Å². The van der Waals surface area contributed by atoms with E-state index in [1.165, 1.54) is 29.2 Å². The minimum Gasteiger partial charge on any atom is -0.350 e. The SMILES string of the molecule is CCN1C(=O)C(Nc2ccccc2)=C(c2ccc(F)cc2)C1=O. The highest BCUT2D eigenvalue weighted by Crippen LogP contribution is 2.30. The van der Waals surface area contributed by atoms with Gasteiger partial charge in [0.2, 0.25) is 0 Å². The van der Waals surface area contributed by atoms with Crippen molar-refractivity contribution >= 4 is 23.1 Å². The van der Waals surface area contributed by atoms with Gasteiger partial charge in [-0.25, -0.2) is 4.39 Å². The lowest BCUT2D eigenvalue weighted by Crippen LogP contribution is -2.32. The fraction of sp³-hybridized carbons (Fsp3) is 0.111. The Hall–Kier alpha value is -2.95. The van der Waals surface area contributed by atoms with Gasteiger partial charge in [0.25, 0.3) is 11.8 Å². The fourth-order valence-electron chi connectivity index (χ4n) is 2.53. The average Bonchev–Trinajstić information content (AvgIpc) is 2.80. The van der Waals surface area contributed by atoms with E-state index in [2.05, 4.69) is 5.32 Å². The van der Waals surface area contributed by atoms with Crippen LogP contribution >= 0.6 is 0 Å². The van der Waals surface area contributed by atoms with Crippen LogP contribution in [0, 0.1) is 5.82 Å². The molecule has 5 heteroatoms. The van der Waals surface area contributed by atoms with Crippen molar-refractivity contribution in [3.63, 3.8) is 0 Å². The molecule has 0 aliphatic carbocycles. The Morgan fingerprint density at radius 1 is 0.957 bits per heavy atom. The van der Waals surface area contributed by atoms with E-state index >= 15 is 0 Å². The van der Waals surface area contributed by atoms with Gasteiger partial charge in [-0.05, 0) is 36.8 Å². The largest absolute Gasteiger partial charge is 0.350 e. The predicted molar refractivity (Wildman–Crippen MR) is 85.8 cm³/mol. The van der Waals surface area contributed by atoms with Gasteiger partial charge in [-0.1, -0.05) is 30.3 Å². The lowest BCUT2D eigenvalue weighted by molar-refractivity contribution is -0.136. The molecule has 1 N–H and O–H groups in total. The summed E-state index contributed by atoms with van der Waals surface area (Å²) in [7, 11) is 0. The highest BCUT2D eigenvalue weighted by molar-refractivity contribution is 6.36. The fourth-order valence-corrected chi connectivity index (χ4v) is 2.53. The summed E-state index contributed by atoms with van der Waals surface area (Å²) in [4.78, 5) is 26.2. The van der Waals surface area contributed by atoms with Gasteiger partial charge >= 0.3 is 0 Å². The maximum atomic E-state index is 13.1. The van der Waals surface area contributed by atoms with Crippen molar-refractivity contribution in [1.82, 2.24) is 4.90 Å². The summed E-state index contributed by atoms with van der Waals surface area (Å²) < 4.78 is 13.1. The molecule has 0 aromatic heterocycles. The van der Waals surface area contributed by atoms with Crippen molar-refractivity contribution in [2.24, 2.45) is 0 Å². The topological polar surface area (TPSA) is 49.4 Å². The number of nitrogens with one attached hydrogen (secondary N) is 1. The number of anilines is 1. The van der Waals surface area contributed by atoms with Crippen LogP contribution in [0.1, 0.15) is 12.5 Å². The predicted octanol–water partition coefficient (Wildman–Crippen LogP) is 3.04. The molecule has 2 aromatic carbocycles. The molecule has 4 nitrogen and oxygen atoms in total. The second-order valence-corrected chi connectivity index (χ2v) is 5.10. The van der Waals surface area contributed by atoms with Gasteiger partial charge in [0.05, 0.1) is 5.57 Å². The van der Waals surface area contributed by atoms with Crippen LogP contribution in [-0.4, -0.2) is 23.3 Å². The number of hydrogen-bond donors (Lipinski definition) is 1. The number of para-hydroxylation sites is 1. The van der Waals surface area contributed by atoms with Crippen LogP contribution in [0.15, 0.2) is 60.3 Å². The summed E-state index contributed by atoms with van der Waals surface area (Å²) in [5.74, 6) is -1.14. The van der Waals surface area contributed by atoms with E-state index in [0.717, 1.165) is 0 Å². The molecule has 116 valence electrons. The third kappa shape index (κ3) is 2.73. The molecule has 0 fully saturated rings. The maximum absolute atomic E-state index is 13.1. The smallest absolute Gasteiger partial charge is 0.278 e. The first-order valence-electron chi connectivity index (χ1n) is 7.30. The lowest BCUT2D eigenvalue weighted by Gasteiger charge is -2.11. The average molecular weight is 310 g/mol. The quantitative estimate of drug-likeness (QED) is 0.883. The summed E-state index contributed by atoms with van der Waals surface area (Å²) in [6.45, 7) is 2.02. The third-order valence-corrected chi connectivity index (χ3v) is 3.66. The van der Waals surface area contributed by atoms with Crippen molar-refractivity contribution in [3.05, 3.63) is 71.7 Å². The molecular weight excluding hydrogens is 295 g/mol. The number of nitrogens with zero attached hydrogens (tertiary/aromatic N) is 1. The Balaban J connectivity index is 2.08. The van der Waals surface area contributed by atoms with E-state index in [4.69, 9.17) is 0 Å². The van der Waals surface area contributed by atoms with Crippen molar-refractivity contribution in [2.75, 3.05) is 11.9 Å². The van der Waals surface area contributed by atoms with Crippen LogP contribution in [0.25, 0.3) is 5.57 Å². The summed E-state index contributed by atoms with van der Waals surface area (Å²) in [5, 5.41) is 3.02. The first kappa shape index (κ1) is 15.0. The molecule has 0 atom stereocenters. The number of amides is 2. The van der Waals surface area contributed by atoms with Crippen molar-refractivity contribution in [2.45, 2.75) is 6.92 Å². The Labute approximate surface area is 133 Å². The van der Waals surface area contributed by atoms with E-state index in [0.29, 0.717) is 11.3 Å². The molecule has 0 bridgehead atoms. The number of imide groups is 1. The monoisotopic (exact) mass is 310 g/mol. The minimum absolute atomic E-state index is 0.217. The lowest BCUT2D eigenvalue weighted by atomic mass is 10.0. The van der Waals surface area contributed by atoms with Crippen molar-refractivity contribution in [1.29, 1.82) is 0 Å². The number of hydrogen-bond acceptors (Lipinski definition) is 3. The minimum atomic E-state index is -0.393. The van der Waals surface area contributed by atoms with E-state index in [1.807, 2.05) is 30.3 Å². The number of benzene rings is 2. The summed E-state index contributed by atoms with van der Waals surface area (Å²) in [6.07, 6.45) is 0. The molecule has 0 saturated heterocycles. The molecule has 23 heavy (non-hydrogen) atoms. The Morgan fingerprint density at radius 3 is 2.22 bits per heavy atom. The van der Waals surface area contributed by atoms with Gasteiger partial charge < -0.3 is 5.32 Å². The highest BCUT2D eigenvalue weighted by Gasteiger charge is 2.38. The van der Waals surface area contributed by atoms with Crippen molar-refractivity contribution in [3.8, 4) is 0 Å². The Bertz CT molecular complexity index is 782. The molecule has 1 aliphatic heterocycles. The molecule has 0 unspecified atom stereocenters. The number of likely N-dealkylation sites (N-methyl/N-ethyl adjacent to an activating group) is 1. The second-order valence-electron chi connectivity index (χ2n) is 5.10. The molecule has 1 aliphatic rings. The normalized spacial score (nSPS) is 14.6. The van der Waals surface area contributed by atoms with E-state index in [-0.39, 0.29) is 29.6 Å². The number of carbonyl (C=O) groups excluding carboxylic acids is 2. The van der Waals surface area contributed by atoms with Crippen LogP contribution < -0.4 is 5.32 Å². The first-order chi connectivity index (χ1) is 11.1. The third-order valence-electron chi connectivity index (χ3n) is 3.66. The Morgan fingerprint density at radius 2 is 1.61 bits per heavy atom. The van der Waals surface area contributed by atoms with Gasteiger partial charge in [0.15, 0.2) is 0 Å². The number of rotatable bonds is 4. The summed E-state index contributed by atoms with van der Waals surface area (Å²) in [6, 6.07) is 14.7. The van der Waals surface area contributed by atoms with E-state index < -0.39 is 5.82 Å². The Kier molecular flexibility index (Phi) is 3.93. The zero-order chi connectivity index (χ0) is 16.4. The maximum Gasteiger partial charge on any atom is 0.278 e. The van der Waals surface area contributed by atoms with E-state index in [1.54, 1.807) is 6.92 Å². The van der Waals surface area contributed by atoms with Crippen LogP contribution in [0.2, 0.25) is 0 Å². The summed E-state index contributed by atoms with van der Waals surface area (Å²) >= 11 is 0. The molecule has 2 aromatic rings. The van der Waals surface area contributed by atoms with Crippen LogP contribution in [-0.2, 0) is 9.59 Å². The molecule has 0 radical (unpaired) electrons. The first-order valence-corrected chi connectivity index (χ1v) is 7.30. The van der Waals surface area contributed by atoms with Gasteiger partial charge in [-0.2, -0.15) is 0 Å². The zero-order valence-corrected chi connectivity index (χ0v) is 12.5. The molecule has 1 heterocycles. The van der Waals surface area contributed by atoms with Crippen LogP contribution in [0.4, 0.5) is 10.1 Å². The molecular formula is C18H15FN2O2. The zero-order valence-electron chi connectivity index (χ0n) is 12.5. The van der Waals surface area contributed by atoms with E-state index in [9.17, 15) is 14.0 Å². The second kappa shape index (κ2) is 6.04. The van der Waals surface area contributed by atoms with Crippen LogP contribution in [0.3, 0.4) is 0 Å². The standard InChI is InChI=1S/C18H15FN2O2/c1-2-21-17(22)15(12-8-10-13(19)11-9-12)16(18(21)23)20-14-6-4-3-5-7-14/h3-11,20H,2H2,1H3.